The Morgan fingerprint density at radius 1 is 1.00 bits per heavy atom. The topological polar surface area (TPSA) is 78.9 Å². The van der Waals surface area contributed by atoms with Crippen molar-refractivity contribution in [3.05, 3.63) is 90.0 Å². The summed E-state index contributed by atoms with van der Waals surface area (Å²) in [6.45, 7) is -0.233. The summed E-state index contributed by atoms with van der Waals surface area (Å²) in [6, 6.07) is 22.8. The summed E-state index contributed by atoms with van der Waals surface area (Å²) in [4.78, 5) is 27.3. The summed E-state index contributed by atoms with van der Waals surface area (Å²) in [7, 11) is 1.52. The van der Waals surface area contributed by atoms with Crippen molar-refractivity contribution in [2.45, 2.75) is 5.60 Å². The van der Waals surface area contributed by atoms with Crippen LogP contribution in [0.4, 0.5) is 11.4 Å². The van der Waals surface area contributed by atoms with Gasteiger partial charge in [0, 0.05) is 5.56 Å². The number of methoxy groups -OCH3 is 1. The van der Waals surface area contributed by atoms with Crippen molar-refractivity contribution in [2.75, 3.05) is 23.9 Å². The lowest BCUT2D eigenvalue weighted by molar-refractivity contribution is -0.133. The van der Waals surface area contributed by atoms with E-state index in [1.807, 2.05) is 6.07 Å². The Hall–Kier alpha value is -3.64. The van der Waals surface area contributed by atoms with E-state index in [2.05, 4.69) is 5.32 Å². The summed E-state index contributed by atoms with van der Waals surface area (Å²) in [6.07, 6.45) is 0. The third-order valence-electron chi connectivity index (χ3n) is 5.01. The van der Waals surface area contributed by atoms with Crippen molar-refractivity contribution in [1.82, 2.24) is 0 Å². The van der Waals surface area contributed by atoms with Gasteiger partial charge in [-0.15, -0.1) is 0 Å². The molecule has 146 valence electrons. The van der Waals surface area contributed by atoms with Crippen LogP contribution in [0.2, 0.25) is 0 Å². The molecular weight excluding hydrogens is 368 g/mol. The molecule has 29 heavy (non-hydrogen) atoms. The number of nitrogens with zero attached hydrogens (tertiary/aromatic N) is 1. The fourth-order valence-electron chi connectivity index (χ4n) is 3.63. The van der Waals surface area contributed by atoms with E-state index in [9.17, 15) is 14.7 Å². The second kappa shape index (κ2) is 7.41. The second-order valence-electron chi connectivity index (χ2n) is 6.73. The van der Waals surface area contributed by atoms with Gasteiger partial charge < -0.3 is 15.2 Å². The molecule has 6 nitrogen and oxygen atoms in total. The summed E-state index contributed by atoms with van der Waals surface area (Å²) >= 11 is 0. The standard InChI is InChI=1S/C23H20N2O4/c1-29-20-14-8-6-12-18(20)24-21(26)15-25-19-13-7-5-11-17(19)23(28,22(25)27)16-9-3-2-4-10-16/h2-14,28H,15H2,1H3,(H,24,26)/t23-/m0/s1. The van der Waals surface area contributed by atoms with Gasteiger partial charge in [-0.25, -0.2) is 0 Å². The van der Waals surface area contributed by atoms with Crippen LogP contribution in [0.15, 0.2) is 78.9 Å². The first-order valence-electron chi connectivity index (χ1n) is 9.18. The predicted octanol–water partition coefficient (Wildman–Crippen LogP) is 2.92. The Balaban J connectivity index is 1.65. The zero-order chi connectivity index (χ0) is 20.4. The van der Waals surface area contributed by atoms with Gasteiger partial charge in [-0.05, 0) is 23.8 Å². The quantitative estimate of drug-likeness (QED) is 0.704. The Kier molecular flexibility index (Phi) is 4.78. The molecule has 4 rings (SSSR count). The summed E-state index contributed by atoms with van der Waals surface area (Å²) in [5, 5.41) is 14.2. The Morgan fingerprint density at radius 2 is 1.66 bits per heavy atom. The minimum atomic E-state index is -1.83. The summed E-state index contributed by atoms with van der Waals surface area (Å²) in [5.74, 6) is -0.426. The minimum Gasteiger partial charge on any atom is -0.495 e. The van der Waals surface area contributed by atoms with E-state index < -0.39 is 17.4 Å². The Labute approximate surface area is 168 Å². The lowest BCUT2D eigenvalue weighted by Crippen LogP contribution is -2.44. The smallest absolute Gasteiger partial charge is 0.268 e. The highest BCUT2D eigenvalue weighted by Gasteiger charge is 2.51. The number of carbonyl (C=O) groups is 2. The average molecular weight is 388 g/mol. The van der Waals surface area contributed by atoms with E-state index in [0.717, 1.165) is 0 Å². The average Bonchev–Trinajstić information content (AvgIpc) is 2.98. The molecule has 0 spiro atoms. The molecule has 0 saturated heterocycles. The number of aliphatic hydroxyl groups is 1. The number of benzene rings is 3. The number of amides is 2. The molecule has 0 fully saturated rings. The fourth-order valence-corrected chi connectivity index (χ4v) is 3.63. The molecule has 0 aromatic heterocycles. The molecule has 1 heterocycles. The first kappa shape index (κ1) is 18.7. The second-order valence-corrected chi connectivity index (χ2v) is 6.73. The zero-order valence-electron chi connectivity index (χ0n) is 15.8. The van der Waals surface area contributed by atoms with Crippen molar-refractivity contribution >= 4 is 23.2 Å². The molecule has 1 atom stereocenters. The third-order valence-corrected chi connectivity index (χ3v) is 5.01. The highest BCUT2D eigenvalue weighted by atomic mass is 16.5. The van der Waals surface area contributed by atoms with E-state index in [1.54, 1.807) is 72.8 Å². The lowest BCUT2D eigenvalue weighted by atomic mass is 9.88. The van der Waals surface area contributed by atoms with Gasteiger partial charge in [-0.3, -0.25) is 14.5 Å². The van der Waals surface area contributed by atoms with Gasteiger partial charge in [0.15, 0.2) is 5.60 Å². The molecule has 6 heteroatoms. The van der Waals surface area contributed by atoms with Gasteiger partial charge in [0.2, 0.25) is 5.91 Å². The largest absolute Gasteiger partial charge is 0.495 e. The number of carbonyl (C=O) groups excluding carboxylic acids is 2. The SMILES string of the molecule is COc1ccccc1NC(=O)CN1C(=O)[C@](O)(c2ccccc2)c2ccccc21. The van der Waals surface area contributed by atoms with Crippen LogP contribution in [0.5, 0.6) is 5.75 Å². The van der Waals surface area contributed by atoms with Gasteiger partial charge in [-0.1, -0.05) is 60.7 Å². The number of fused-ring (bicyclic) bond motifs is 1. The van der Waals surface area contributed by atoms with E-state index in [-0.39, 0.29) is 6.54 Å². The number of hydrogen-bond donors (Lipinski definition) is 2. The monoisotopic (exact) mass is 388 g/mol. The van der Waals surface area contributed by atoms with Crippen molar-refractivity contribution in [3.8, 4) is 5.75 Å². The minimum absolute atomic E-state index is 0.233. The van der Waals surface area contributed by atoms with Gasteiger partial charge in [0.25, 0.3) is 5.91 Å². The molecule has 3 aromatic rings. The van der Waals surface area contributed by atoms with Crippen molar-refractivity contribution in [2.24, 2.45) is 0 Å². The number of anilines is 2. The summed E-state index contributed by atoms with van der Waals surface area (Å²) in [5.41, 5.74) is 0.117. The van der Waals surface area contributed by atoms with Gasteiger partial charge in [0.05, 0.1) is 18.5 Å². The molecular formula is C23H20N2O4. The number of ether oxygens (including phenoxy) is 1. The van der Waals surface area contributed by atoms with Gasteiger partial charge in [0.1, 0.15) is 12.3 Å². The highest BCUT2D eigenvalue weighted by Crippen LogP contribution is 2.44. The van der Waals surface area contributed by atoms with E-state index in [0.29, 0.717) is 28.3 Å². The number of rotatable bonds is 5. The molecule has 0 aliphatic carbocycles. The first-order valence-corrected chi connectivity index (χ1v) is 9.18. The number of nitrogens with one attached hydrogen (secondary N) is 1. The number of hydrogen-bond acceptors (Lipinski definition) is 4. The molecule has 0 radical (unpaired) electrons. The Bertz CT molecular complexity index is 1070. The number of para-hydroxylation sites is 3. The molecule has 0 saturated carbocycles. The van der Waals surface area contributed by atoms with Crippen LogP contribution in [0.3, 0.4) is 0 Å². The van der Waals surface area contributed by atoms with Crippen molar-refractivity contribution in [3.63, 3.8) is 0 Å². The fraction of sp³-hybridized carbons (Fsp3) is 0.130. The van der Waals surface area contributed by atoms with E-state index in [4.69, 9.17) is 4.74 Å². The van der Waals surface area contributed by atoms with Crippen LogP contribution in [0.25, 0.3) is 0 Å². The molecule has 0 unspecified atom stereocenters. The summed E-state index contributed by atoms with van der Waals surface area (Å²) < 4.78 is 5.25. The molecule has 0 bridgehead atoms. The molecule has 2 amide bonds. The third kappa shape index (κ3) is 3.13. The maximum absolute atomic E-state index is 13.3. The molecule has 1 aliphatic rings. The van der Waals surface area contributed by atoms with Gasteiger partial charge >= 0.3 is 0 Å². The molecule has 1 aliphatic heterocycles. The first-order chi connectivity index (χ1) is 14.1. The predicted molar refractivity (Wildman–Crippen MR) is 110 cm³/mol. The van der Waals surface area contributed by atoms with Crippen LogP contribution >= 0.6 is 0 Å². The Morgan fingerprint density at radius 3 is 2.41 bits per heavy atom. The maximum atomic E-state index is 13.3. The van der Waals surface area contributed by atoms with Gasteiger partial charge in [-0.2, -0.15) is 0 Å². The molecule has 2 N–H and O–H groups in total. The van der Waals surface area contributed by atoms with Crippen LogP contribution < -0.4 is 15.0 Å². The van der Waals surface area contributed by atoms with Crippen LogP contribution in [0, 0.1) is 0 Å². The van der Waals surface area contributed by atoms with Crippen LogP contribution in [-0.2, 0) is 15.2 Å². The maximum Gasteiger partial charge on any atom is 0.268 e. The zero-order valence-corrected chi connectivity index (χ0v) is 15.8. The highest BCUT2D eigenvalue weighted by molar-refractivity contribution is 6.12. The van der Waals surface area contributed by atoms with E-state index >= 15 is 0 Å². The van der Waals surface area contributed by atoms with Crippen molar-refractivity contribution < 1.29 is 19.4 Å². The lowest BCUT2D eigenvalue weighted by Gasteiger charge is -2.23. The van der Waals surface area contributed by atoms with Crippen LogP contribution in [-0.4, -0.2) is 30.6 Å². The normalized spacial score (nSPS) is 17.7. The van der Waals surface area contributed by atoms with Crippen LogP contribution in [0.1, 0.15) is 11.1 Å². The van der Waals surface area contributed by atoms with E-state index in [1.165, 1.54) is 12.0 Å². The van der Waals surface area contributed by atoms with Crippen molar-refractivity contribution in [1.29, 1.82) is 0 Å². The molecule has 3 aromatic carbocycles.